The molecule has 1 saturated heterocycles. The first-order valence-corrected chi connectivity index (χ1v) is 7.34. The highest BCUT2D eigenvalue weighted by molar-refractivity contribution is 5.59. The number of nitro benzene ring substituents is 1. The van der Waals surface area contributed by atoms with Gasteiger partial charge in [-0.1, -0.05) is 6.07 Å². The van der Waals surface area contributed by atoms with Gasteiger partial charge in [-0.25, -0.2) is 0 Å². The summed E-state index contributed by atoms with van der Waals surface area (Å²) in [6.45, 7) is 5.23. The molecule has 1 fully saturated rings. The molecule has 1 atom stereocenters. The molecule has 0 saturated carbocycles. The number of rotatable bonds is 7. The highest BCUT2D eigenvalue weighted by Crippen LogP contribution is 2.26. The quantitative estimate of drug-likeness (QED) is 0.616. The Hall–Kier alpha value is -1.66. The number of non-ortho nitro benzene ring substituents is 1. The van der Waals surface area contributed by atoms with Crippen molar-refractivity contribution in [2.75, 3.05) is 38.3 Å². The van der Waals surface area contributed by atoms with E-state index in [-0.39, 0.29) is 10.6 Å². The lowest BCUT2D eigenvalue weighted by molar-refractivity contribution is -0.384. The van der Waals surface area contributed by atoms with Gasteiger partial charge in [0.25, 0.3) is 5.69 Å². The van der Waals surface area contributed by atoms with Gasteiger partial charge in [-0.15, -0.1) is 0 Å². The van der Waals surface area contributed by atoms with E-state index < -0.39 is 0 Å². The molecule has 6 nitrogen and oxygen atoms in total. The van der Waals surface area contributed by atoms with Crippen molar-refractivity contribution in [1.29, 1.82) is 0 Å². The average molecular weight is 293 g/mol. The number of anilines is 1. The van der Waals surface area contributed by atoms with Crippen LogP contribution >= 0.6 is 0 Å². The molecule has 1 heterocycles. The summed E-state index contributed by atoms with van der Waals surface area (Å²) >= 11 is 0. The smallest absolute Gasteiger partial charge is 0.271 e. The van der Waals surface area contributed by atoms with E-state index in [9.17, 15) is 10.1 Å². The predicted molar refractivity (Wildman–Crippen MR) is 82.9 cm³/mol. The van der Waals surface area contributed by atoms with Gasteiger partial charge < -0.3 is 15.0 Å². The average Bonchev–Trinajstić information content (AvgIpc) is 2.97. The Morgan fingerprint density at radius 1 is 1.52 bits per heavy atom. The Bertz CT molecular complexity index is 487. The van der Waals surface area contributed by atoms with E-state index in [1.165, 1.54) is 6.42 Å². The number of ether oxygens (including phenoxy) is 1. The maximum atomic E-state index is 11.0. The molecular weight excluding hydrogens is 270 g/mol. The number of methoxy groups -OCH3 is 1. The fourth-order valence-corrected chi connectivity index (χ4v) is 2.74. The van der Waals surface area contributed by atoms with Crippen molar-refractivity contribution in [2.45, 2.75) is 25.8 Å². The maximum absolute atomic E-state index is 11.0. The molecular formula is C15H23N3O3. The third-order valence-electron chi connectivity index (χ3n) is 3.91. The van der Waals surface area contributed by atoms with Crippen LogP contribution in [0.1, 0.15) is 18.4 Å². The zero-order valence-electron chi connectivity index (χ0n) is 12.7. The molecule has 0 bridgehead atoms. The summed E-state index contributed by atoms with van der Waals surface area (Å²) in [6, 6.07) is 5.48. The summed E-state index contributed by atoms with van der Waals surface area (Å²) in [5, 5.41) is 14.5. The lowest BCUT2D eigenvalue weighted by Crippen LogP contribution is -2.39. The van der Waals surface area contributed by atoms with Crippen LogP contribution in [-0.2, 0) is 4.74 Å². The molecule has 6 heteroatoms. The minimum absolute atomic E-state index is 0.136. The molecule has 1 N–H and O–H groups in total. The maximum Gasteiger partial charge on any atom is 0.271 e. The molecule has 0 aliphatic carbocycles. The number of hydrogen-bond donors (Lipinski definition) is 1. The molecule has 0 radical (unpaired) electrons. The molecule has 2 rings (SSSR count). The Labute approximate surface area is 125 Å². The van der Waals surface area contributed by atoms with E-state index in [1.54, 1.807) is 19.2 Å². The summed E-state index contributed by atoms with van der Waals surface area (Å²) in [5.74, 6) is 0. The summed E-state index contributed by atoms with van der Waals surface area (Å²) in [4.78, 5) is 12.8. The Morgan fingerprint density at radius 2 is 2.33 bits per heavy atom. The molecule has 0 aromatic heterocycles. The van der Waals surface area contributed by atoms with E-state index in [4.69, 9.17) is 4.74 Å². The predicted octanol–water partition coefficient (Wildman–Crippen LogP) is 2.11. The second-order valence-corrected chi connectivity index (χ2v) is 5.46. The fraction of sp³-hybridized carbons (Fsp3) is 0.600. The molecule has 21 heavy (non-hydrogen) atoms. The lowest BCUT2D eigenvalue weighted by Gasteiger charge is -2.29. The van der Waals surface area contributed by atoms with Crippen LogP contribution in [0.4, 0.5) is 11.4 Å². The molecule has 0 amide bonds. The van der Waals surface area contributed by atoms with Crippen LogP contribution in [-0.4, -0.2) is 44.3 Å². The van der Waals surface area contributed by atoms with Gasteiger partial charge >= 0.3 is 0 Å². The monoisotopic (exact) mass is 293 g/mol. The highest BCUT2D eigenvalue weighted by Gasteiger charge is 2.20. The van der Waals surface area contributed by atoms with Crippen molar-refractivity contribution < 1.29 is 9.66 Å². The number of aryl methyl sites for hydroxylation is 1. The van der Waals surface area contributed by atoms with Gasteiger partial charge in [-0.2, -0.15) is 0 Å². The summed E-state index contributed by atoms with van der Waals surface area (Å²) < 4.78 is 5.18. The second-order valence-electron chi connectivity index (χ2n) is 5.46. The van der Waals surface area contributed by atoms with E-state index in [0.29, 0.717) is 12.6 Å². The molecule has 1 aliphatic heterocycles. The third kappa shape index (κ3) is 4.15. The van der Waals surface area contributed by atoms with Crippen molar-refractivity contribution in [3.05, 3.63) is 33.9 Å². The number of hydrogen-bond acceptors (Lipinski definition) is 5. The van der Waals surface area contributed by atoms with E-state index in [2.05, 4.69) is 10.2 Å². The number of nitrogens with zero attached hydrogens (tertiary/aromatic N) is 2. The van der Waals surface area contributed by atoms with Crippen LogP contribution in [0.5, 0.6) is 0 Å². The zero-order valence-corrected chi connectivity index (χ0v) is 12.7. The highest BCUT2D eigenvalue weighted by atomic mass is 16.6. The standard InChI is InChI=1S/C15H23N3O3/c1-12-5-6-14(18(19)20)10-15(12)17(8-9-21-2)11-13-4-3-7-16-13/h5-6,10,13,16H,3-4,7-9,11H2,1-2H3. The number of benzene rings is 1. The summed E-state index contributed by atoms with van der Waals surface area (Å²) in [7, 11) is 1.67. The van der Waals surface area contributed by atoms with E-state index in [0.717, 1.165) is 37.3 Å². The van der Waals surface area contributed by atoms with Crippen LogP contribution in [0, 0.1) is 17.0 Å². The molecule has 116 valence electrons. The topological polar surface area (TPSA) is 67.6 Å². The fourth-order valence-electron chi connectivity index (χ4n) is 2.74. The normalized spacial score (nSPS) is 17.9. The van der Waals surface area contributed by atoms with Crippen LogP contribution in [0.2, 0.25) is 0 Å². The first kappa shape index (κ1) is 15.7. The van der Waals surface area contributed by atoms with E-state index in [1.807, 2.05) is 13.0 Å². The van der Waals surface area contributed by atoms with Crippen molar-refractivity contribution in [1.82, 2.24) is 5.32 Å². The summed E-state index contributed by atoms with van der Waals surface area (Å²) in [6.07, 6.45) is 2.34. The molecule has 1 aromatic rings. The molecule has 1 aliphatic rings. The largest absolute Gasteiger partial charge is 0.383 e. The van der Waals surface area contributed by atoms with Crippen molar-refractivity contribution in [3.63, 3.8) is 0 Å². The van der Waals surface area contributed by atoms with E-state index >= 15 is 0 Å². The first-order chi connectivity index (χ1) is 10.1. The van der Waals surface area contributed by atoms with Gasteiger partial charge in [-0.3, -0.25) is 10.1 Å². The van der Waals surface area contributed by atoms with Crippen LogP contribution in [0.3, 0.4) is 0 Å². The van der Waals surface area contributed by atoms with Crippen LogP contribution in [0.25, 0.3) is 0 Å². The van der Waals surface area contributed by atoms with Gasteiger partial charge in [0.2, 0.25) is 0 Å². The number of nitro groups is 1. The van der Waals surface area contributed by atoms with Crippen LogP contribution in [0.15, 0.2) is 18.2 Å². The third-order valence-corrected chi connectivity index (χ3v) is 3.91. The summed E-state index contributed by atoms with van der Waals surface area (Å²) in [5.41, 5.74) is 2.11. The SMILES string of the molecule is COCCN(CC1CCCN1)c1cc([N+](=O)[O-])ccc1C. The second kappa shape index (κ2) is 7.38. The van der Waals surface area contributed by atoms with Gasteiger partial charge in [-0.05, 0) is 31.9 Å². The minimum Gasteiger partial charge on any atom is -0.383 e. The number of nitrogens with one attached hydrogen (secondary N) is 1. The Morgan fingerprint density at radius 3 is 2.95 bits per heavy atom. The van der Waals surface area contributed by atoms with Gasteiger partial charge in [0.1, 0.15) is 0 Å². The minimum atomic E-state index is -0.342. The van der Waals surface area contributed by atoms with Crippen molar-refractivity contribution in [3.8, 4) is 0 Å². The zero-order chi connectivity index (χ0) is 15.2. The van der Waals surface area contributed by atoms with Gasteiger partial charge in [0.15, 0.2) is 0 Å². The Balaban J connectivity index is 2.21. The first-order valence-electron chi connectivity index (χ1n) is 7.34. The molecule has 0 spiro atoms. The molecule has 1 aromatic carbocycles. The van der Waals surface area contributed by atoms with Crippen molar-refractivity contribution >= 4 is 11.4 Å². The van der Waals surface area contributed by atoms with Gasteiger partial charge in [0.05, 0.1) is 11.5 Å². The van der Waals surface area contributed by atoms with Crippen LogP contribution < -0.4 is 10.2 Å². The van der Waals surface area contributed by atoms with Gasteiger partial charge in [0, 0.05) is 44.1 Å². The Kier molecular flexibility index (Phi) is 5.52. The molecule has 1 unspecified atom stereocenters. The van der Waals surface area contributed by atoms with Crippen molar-refractivity contribution in [2.24, 2.45) is 0 Å². The lowest BCUT2D eigenvalue weighted by atomic mass is 10.1.